The van der Waals surface area contributed by atoms with E-state index in [0.717, 1.165) is 25.1 Å². The molecule has 5 nitrogen and oxygen atoms in total. The molecule has 0 fully saturated rings. The summed E-state index contributed by atoms with van der Waals surface area (Å²) in [6.07, 6.45) is 6.10. The van der Waals surface area contributed by atoms with E-state index in [9.17, 15) is 4.79 Å². The van der Waals surface area contributed by atoms with Crippen LogP contribution in [0.3, 0.4) is 0 Å². The zero-order valence-electron chi connectivity index (χ0n) is 10.7. The summed E-state index contributed by atoms with van der Waals surface area (Å²) in [6, 6.07) is 4.72. The lowest BCUT2D eigenvalue weighted by molar-refractivity contribution is 0.0697. The summed E-state index contributed by atoms with van der Waals surface area (Å²) in [5.74, 6) is -0.203. The monoisotopic (exact) mass is 257 g/mol. The molecule has 2 heterocycles. The van der Waals surface area contributed by atoms with Crippen LogP contribution in [0.2, 0.25) is 0 Å². The first-order valence-electron chi connectivity index (χ1n) is 6.22. The number of hydrogen-bond acceptors (Lipinski definition) is 4. The molecule has 0 aliphatic heterocycles. The number of aromatic nitrogens is 3. The number of unbranched alkanes of at least 4 members (excludes halogenated alkanes) is 1. The minimum absolute atomic E-state index is 0.207. The second-order valence-electron chi connectivity index (χ2n) is 4.20. The number of aromatic carboxylic acids is 1. The van der Waals surface area contributed by atoms with Crippen molar-refractivity contribution < 1.29 is 9.90 Å². The van der Waals surface area contributed by atoms with Gasteiger partial charge in [0.05, 0.1) is 17.0 Å². The van der Waals surface area contributed by atoms with Crippen LogP contribution in [0.15, 0.2) is 30.6 Å². The summed E-state index contributed by atoms with van der Waals surface area (Å²) in [7, 11) is 0. The Balaban J connectivity index is 2.30. The minimum atomic E-state index is -0.969. The maximum Gasteiger partial charge on any atom is 0.335 e. The number of nitrogens with zero attached hydrogens (tertiary/aromatic N) is 3. The number of pyridine rings is 1. The lowest BCUT2D eigenvalue weighted by atomic mass is 10.2. The van der Waals surface area contributed by atoms with Crippen molar-refractivity contribution in [3.63, 3.8) is 0 Å². The van der Waals surface area contributed by atoms with Crippen LogP contribution in [-0.2, 0) is 6.42 Å². The lowest BCUT2D eigenvalue weighted by Gasteiger charge is -2.03. The molecule has 1 N–H and O–H groups in total. The number of carboxylic acid groups (broad SMARTS) is 1. The van der Waals surface area contributed by atoms with Crippen LogP contribution in [-0.4, -0.2) is 26.0 Å². The summed E-state index contributed by atoms with van der Waals surface area (Å²) in [4.78, 5) is 23.7. The average molecular weight is 257 g/mol. The van der Waals surface area contributed by atoms with E-state index in [2.05, 4.69) is 21.9 Å². The molecular formula is C14H15N3O2. The smallest absolute Gasteiger partial charge is 0.335 e. The van der Waals surface area contributed by atoms with Gasteiger partial charge in [0, 0.05) is 18.8 Å². The Morgan fingerprint density at radius 1 is 1.21 bits per heavy atom. The third-order valence-electron chi connectivity index (χ3n) is 2.73. The van der Waals surface area contributed by atoms with Gasteiger partial charge in [0.15, 0.2) is 0 Å². The number of hydrogen-bond donors (Lipinski definition) is 1. The van der Waals surface area contributed by atoms with Gasteiger partial charge in [-0.25, -0.2) is 14.8 Å². The van der Waals surface area contributed by atoms with Gasteiger partial charge in [-0.15, -0.1) is 0 Å². The van der Waals surface area contributed by atoms with Crippen LogP contribution in [0.25, 0.3) is 11.4 Å². The maximum absolute atomic E-state index is 10.9. The quantitative estimate of drug-likeness (QED) is 0.890. The molecule has 2 rings (SSSR count). The van der Waals surface area contributed by atoms with Crippen molar-refractivity contribution in [1.82, 2.24) is 15.0 Å². The molecule has 0 aromatic carbocycles. The largest absolute Gasteiger partial charge is 0.478 e. The van der Waals surface area contributed by atoms with Crippen molar-refractivity contribution in [2.75, 3.05) is 0 Å². The standard InChI is InChI=1S/C14H15N3O2/c1-2-3-4-13-16-8-6-11(17-13)12-9-10(14(18)19)5-7-15-12/h5-9H,2-4H2,1H3,(H,18,19). The highest BCUT2D eigenvalue weighted by molar-refractivity contribution is 5.88. The Kier molecular flexibility index (Phi) is 4.18. The first-order valence-corrected chi connectivity index (χ1v) is 6.22. The third kappa shape index (κ3) is 3.34. The molecule has 0 atom stereocenters. The first kappa shape index (κ1) is 13.1. The Bertz CT molecular complexity index is 584. The summed E-state index contributed by atoms with van der Waals surface area (Å²) >= 11 is 0. The number of carboxylic acids is 1. The molecule has 19 heavy (non-hydrogen) atoms. The van der Waals surface area contributed by atoms with Crippen molar-refractivity contribution in [3.8, 4) is 11.4 Å². The molecule has 0 spiro atoms. The number of aryl methyl sites for hydroxylation is 1. The molecule has 5 heteroatoms. The second kappa shape index (κ2) is 6.04. The van der Waals surface area contributed by atoms with Crippen LogP contribution in [0.5, 0.6) is 0 Å². The molecule has 0 aliphatic carbocycles. The van der Waals surface area contributed by atoms with Gasteiger partial charge in [0.1, 0.15) is 5.82 Å². The topological polar surface area (TPSA) is 76.0 Å². The molecule has 98 valence electrons. The Labute approximate surface area is 111 Å². The molecule has 0 aliphatic rings. The molecule has 0 radical (unpaired) electrons. The summed E-state index contributed by atoms with van der Waals surface area (Å²) in [5, 5.41) is 8.97. The van der Waals surface area contributed by atoms with Crippen LogP contribution in [0, 0.1) is 0 Å². The lowest BCUT2D eigenvalue weighted by Crippen LogP contribution is -2.00. The highest BCUT2D eigenvalue weighted by Gasteiger charge is 2.08. The molecule has 0 saturated heterocycles. The van der Waals surface area contributed by atoms with Crippen LogP contribution >= 0.6 is 0 Å². The highest BCUT2D eigenvalue weighted by atomic mass is 16.4. The maximum atomic E-state index is 10.9. The van der Waals surface area contributed by atoms with Crippen molar-refractivity contribution in [2.24, 2.45) is 0 Å². The molecule has 2 aromatic heterocycles. The Morgan fingerprint density at radius 3 is 2.74 bits per heavy atom. The van der Waals surface area contributed by atoms with E-state index in [1.807, 2.05) is 0 Å². The van der Waals surface area contributed by atoms with Gasteiger partial charge in [-0.1, -0.05) is 13.3 Å². The SMILES string of the molecule is CCCCc1nccc(-c2cc(C(=O)O)ccn2)n1. The van der Waals surface area contributed by atoms with Crippen molar-refractivity contribution in [2.45, 2.75) is 26.2 Å². The van der Waals surface area contributed by atoms with Gasteiger partial charge in [-0.05, 0) is 24.6 Å². The molecule has 2 aromatic rings. The summed E-state index contributed by atoms with van der Waals surface area (Å²) in [6.45, 7) is 2.11. The van der Waals surface area contributed by atoms with Crippen LogP contribution in [0.4, 0.5) is 0 Å². The predicted octanol–water partition coefficient (Wildman–Crippen LogP) is 2.58. The normalized spacial score (nSPS) is 10.4. The van der Waals surface area contributed by atoms with Gasteiger partial charge >= 0.3 is 5.97 Å². The fourth-order valence-electron chi connectivity index (χ4n) is 1.70. The molecule has 0 saturated carbocycles. The Morgan fingerprint density at radius 2 is 2.00 bits per heavy atom. The number of rotatable bonds is 5. The van der Waals surface area contributed by atoms with Crippen molar-refractivity contribution in [1.29, 1.82) is 0 Å². The second-order valence-corrected chi connectivity index (χ2v) is 4.20. The van der Waals surface area contributed by atoms with Gasteiger partial charge in [0.25, 0.3) is 0 Å². The molecular weight excluding hydrogens is 242 g/mol. The minimum Gasteiger partial charge on any atom is -0.478 e. The fourth-order valence-corrected chi connectivity index (χ4v) is 1.70. The predicted molar refractivity (Wildman–Crippen MR) is 70.8 cm³/mol. The van der Waals surface area contributed by atoms with Crippen LogP contribution in [0.1, 0.15) is 35.9 Å². The molecule has 0 unspecified atom stereocenters. The zero-order valence-corrected chi connectivity index (χ0v) is 10.7. The summed E-state index contributed by atoms with van der Waals surface area (Å²) < 4.78 is 0. The Hall–Kier alpha value is -2.30. The van der Waals surface area contributed by atoms with E-state index < -0.39 is 5.97 Å². The van der Waals surface area contributed by atoms with Gasteiger partial charge in [0.2, 0.25) is 0 Å². The van der Waals surface area contributed by atoms with Gasteiger partial charge in [-0.3, -0.25) is 4.98 Å². The van der Waals surface area contributed by atoms with E-state index in [-0.39, 0.29) is 5.56 Å². The number of carbonyl (C=O) groups is 1. The van der Waals surface area contributed by atoms with E-state index in [1.54, 1.807) is 12.3 Å². The summed E-state index contributed by atoms with van der Waals surface area (Å²) in [5.41, 5.74) is 1.42. The van der Waals surface area contributed by atoms with Crippen molar-refractivity contribution >= 4 is 5.97 Å². The van der Waals surface area contributed by atoms with Crippen LogP contribution < -0.4 is 0 Å². The average Bonchev–Trinajstić information content (AvgIpc) is 2.45. The zero-order chi connectivity index (χ0) is 13.7. The molecule has 0 bridgehead atoms. The van der Waals surface area contributed by atoms with Crippen molar-refractivity contribution in [3.05, 3.63) is 42.0 Å². The van der Waals surface area contributed by atoms with E-state index in [4.69, 9.17) is 5.11 Å². The van der Waals surface area contributed by atoms with E-state index in [1.165, 1.54) is 18.3 Å². The van der Waals surface area contributed by atoms with E-state index >= 15 is 0 Å². The third-order valence-corrected chi connectivity index (χ3v) is 2.73. The fraction of sp³-hybridized carbons (Fsp3) is 0.286. The first-order chi connectivity index (χ1) is 9.20. The van der Waals surface area contributed by atoms with E-state index in [0.29, 0.717) is 11.4 Å². The molecule has 0 amide bonds. The van der Waals surface area contributed by atoms with Gasteiger partial charge < -0.3 is 5.11 Å². The highest BCUT2D eigenvalue weighted by Crippen LogP contribution is 2.15. The van der Waals surface area contributed by atoms with Gasteiger partial charge in [-0.2, -0.15) is 0 Å².